The van der Waals surface area contributed by atoms with Crippen LogP contribution in [0, 0.1) is 6.92 Å². The van der Waals surface area contributed by atoms with Crippen LogP contribution >= 0.6 is 0 Å². The second-order valence-corrected chi connectivity index (χ2v) is 4.58. The molecule has 0 fully saturated rings. The smallest absolute Gasteiger partial charge is 0.123 e. The fourth-order valence-electron chi connectivity index (χ4n) is 2.02. The largest absolute Gasteiger partial charge is 0.251 e. The second kappa shape index (κ2) is 3.89. The summed E-state index contributed by atoms with van der Waals surface area (Å²) >= 11 is 0. The Balaban J connectivity index is 2.77. The molecule has 2 nitrogen and oxygen atoms in total. The fourth-order valence-corrected chi connectivity index (χ4v) is 2.02. The molecule has 1 N–H and O–H groups in total. The Hall–Kier alpha value is -1.38. The molecule has 2 aromatic rings. The Morgan fingerprint density at radius 1 is 1.00 bits per heavy atom. The van der Waals surface area contributed by atoms with Gasteiger partial charge in [-0.15, -0.1) is 0 Å². The number of benzene rings is 2. The number of fused-ring (bicyclic) bond motifs is 1. The molecule has 0 aliphatic carbocycles. The lowest BCUT2D eigenvalue weighted by Gasteiger charge is -2.23. The van der Waals surface area contributed by atoms with E-state index in [2.05, 4.69) is 30.0 Å². The molecule has 0 unspecified atom stereocenters. The molecule has 0 saturated heterocycles. The topological polar surface area (TPSA) is 29.5 Å². The molecular weight excluding hydrogens is 200 g/mol. The summed E-state index contributed by atoms with van der Waals surface area (Å²) in [7, 11) is 0. The van der Waals surface area contributed by atoms with E-state index < -0.39 is 5.60 Å². The van der Waals surface area contributed by atoms with Gasteiger partial charge in [-0.3, -0.25) is 5.26 Å². The van der Waals surface area contributed by atoms with E-state index in [0.717, 1.165) is 10.9 Å². The Morgan fingerprint density at radius 2 is 1.62 bits per heavy atom. The van der Waals surface area contributed by atoms with E-state index in [9.17, 15) is 0 Å². The van der Waals surface area contributed by atoms with Crippen molar-refractivity contribution >= 4 is 10.8 Å². The first-order chi connectivity index (χ1) is 7.56. The van der Waals surface area contributed by atoms with Crippen LogP contribution in [-0.4, -0.2) is 5.26 Å². The van der Waals surface area contributed by atoms with Crippen molar-refractivity contribution in [2.24, 2.45) is 0 Å². The van der Waals surface area contributed by atoms with Crippen LogP contribution in [0.25, 0.3) is 10.8 Å². The molecular formula is C14H16O2. The molecule has 0 saturated carbocycles. The maximum Gasteiger partial charge on any atom is 0.123 e. The third kappa shape index (κ3) is 1.70. The summed E-state index contributed by atoms with van der Waals surface area (Å²) in [4.78, 5) is 4.57. The monoisotopic (exact) mass is 216 g/mol. The Bertz CT molecular complexity index is 515. The predicted octanol–water partition coefficient (Wildman–Crippen LogP) is 3.87. The minimum absolute atomic E-state index is 0.687. The highest BCUT2D eigenvalue weighted by Gasteiger charge is 2.23. The van der Waals surface area contributed by atoms with Gasteiger partial charge in [0, 0.05) is 0 Å². The van der Waals surface area contributed by atoms with Crippen molar-refractivity contribution in [3.63, 3.8) is 0 Å². The Kier molecular flexibility index (Phi) is 2.70. The van der Waals surface area contributed by atoms with Crippen LogP contribution in [0.4, 0.5) is 0 Å². The number of hydrogen-bond donors (Lipinski definition) is 1. The van der Waals surface area contributed by atoms with Crippen molar-refractivity contribution in [2.45, 2.75) is 26.4 Å². The predicted molar refractivity (Wildman–Crippen MR) is 65.4 cm³/mol. The van der Waals surface area contributed by atoms with Crippen LogP contribution in [0.15, 0.2) is 36.4 Å². The van der Waals surface area contributed by atoms with Crippen LogP contribution in [0.1, 0.15) is 25.0 Å². The van der Waals surface area contributed by atoms with Crippen molar-refractivity contribution in [3.8, 4) is 0 Å². The summed E-state index contributed by atoms with van der Waals surface area (Å²) in [6.45, 7) is 5.78. The summed E-state index contributed by atoms with van der Waals surface area (Å²) in [6.07, 6.45) is 0. The first kappa shape index (κ1) is 11.1. The number of hydrogen-bond acceptors (Lipinski definition) is 2. The minimum atomic E-state index is -0.687. The van der Waals surface area contributed by atoms with Crippen LogP contribution in [0.3, 0.4) is 0 Å². The maximum absolute atomic E-state index is 8.98. The summed E-state index contributed by atoms with van der Waals surface area (Å²) in [5.74, 6) is 0. The summed E-state index contributed by atoms with van der Waals surface area (Å²) in [5.41, 5.74) is 1.54. The first-order valence-electron chi connectivity index (χ1n) is 5.37. The molecule has 2 heteroatoms. The van der Waals surface area contributed by atoms with Gasteiger partial charge >= 0.3 is 0 Å². The van der Waals surface area contributed by atoms with Crippen molar-refractivity contribution in [1.29, 1.82) is 0 Å². The van der Waals surface area contributed by atoms with E-state index in [1.165, 1.54) is 10.9 Å². The zero-order chi connectivity index (χ0) is 11.8. The normalized spacial score (nSPS) is 12.0. The second-order valence-electron chi connectivity index (χ2n) is 4.58. The van der Waals surface area contributed by atoms with Gasteiger partial charge in [0.05, 0.1) is 0 Å². The van der Waals surface area contributed by atoms with Crippen molar-refractivity contribution < 1.29 is 10.1 Å². The highest BCUT2D eigenvalue weighted by atomic mass is 17.1. The van der Waals surface area contributed by atoms with E-state index >= 15 is 0 Å². The van der Waals surface area contributed by atoms with Crippen LogP contribution in [0.2, 0.25) is 0 Å². The van der Waals surface area contributed by atoms with Gasteiger partial charge < -0.3 is 0 Å². The molecule has 0 heterocycles. The zero-order valence-corrected chi connectivity index (χ0v) is 9.82. The highest BCUT2D eigenvalue weighted by molar-refractivity contribution is 5.89. The lowest BCUT2D eigenvalue weighted by molar-refractivity contribution is -0.317. The van der Waals surface area contributed by atoms with Crippen LogP contribution in [-0.2, 0) is 10.5 Å². The molecule has 0 atom stereocenters. The van der Waals surface area contributed by atoms with Gasteiger partial charge in [0.1, 0.15) is 5.60 Å². The SMILES string of the molecule is Cc1ccc(C(C)(C)OO)c2ccccc12. The standard InChI is InChI=1S/C14H16O2/c1-10-8-9-13(14(2,3)16-15)12-7-5-4-6-11(10)12/h4-9,15H,1-3H3. The lowest BCUT2D eigenvalue weighted by Crippen LogP contribution is -2.20. The molecule has 2 aromatic carbocycles. The van der Waals surface area contributed by atoms with Crippen molar-refractivity contribution in [1.82, 2.24) is 0 Å². The average Bonchev–Trinajstić information content (AvgIpc) is 2.29. The molecule has 0 aliphatic rings. The van der Waals surface area contributed by atoms with Crippen molar-refractivity contribution in [2.75, 3.05) is 0 Å². The Morgan fingerprint density at radius 3 is 2.25 bits per heavy atom. The highest BCUT2D eigenvalue weighted by Crippen LogP contribution is 2.32. The van der Waals surface area contributed by atoms with Gasteiger partial charge in [-0.2, -0.15) is 0 Å². The van der Waals surface area contributed by atoms with Gasteiger partial charge in [-0.1, -0.05) is 36.4 Å². The zero-order valence-electron chi connectivity index (χ0n) is 9.82. The van der Waals surface area contributed by atoms with Gasteiger partial charge in [0.2, 0.25) is 0 Å². The summed E-state index contributed by atoms with van der Waals surface area (Å²) in [6, 6.07) is 12.2. The quantitative estimate of drug-likeness (QED) is 0.610. The molecule has 0 aromatic heterocycles. The van der Waals surface area contributed by atoms with Gasteiger partial charge in [0.15, 0.2) is 0 Å². The van der Waals surface area contributed by atoms with Crippen LogP contribution < -0.4 is 0 Å². The third-order valence-electron chi connectivity index (χ3n) is 3.02. The van der Waals surface area contributed by atoms with E-state index in [-0.39, 0.29) is 0 Å². The molecule has 0 bridgehead atoms. The lowest BCUT2D eigenvalue weighted by atomic mass is 9.91. The van der Waals surface area contributed by atoms with Gasteiger partial charge in [-0.25, -0.2) is 4.89 Å². The van der Waals surface area contributed by atoms with E-state index in [4.69, 9.17) is 5.26 Å². The van der Waals surface area contributed by atoms with E-state index in [1.807, 2.05) is 32.0 Å². The van der Waals surface area contributed by atoms with E-state index in [1.54, 1.807) is 0 Å². The summed E-state index contributed by atoms with van der Waals surface area (Å²) in [5, 5.41) is 11.3. The molecule has 0 radical (unpaired) electrons. The first-order valence-corrected chi connectivity index (χ1v) is 5.37. The number of aryl methyl sites for hydroxylation is 1. The number of rotatable bonds is 2. The minimum Gasteiger partial charge on any atom is -0.251 e. The maximum atomic E-state index is 8.98. The molecule has 0 aliphatic heterocycles. The molecule has 16 heavy (non-hydrogen) atoms. The fraction of sp³-hybridized carbons (Fsp3) is 0.286. The van der Waals surface area contributed by atoms with Gasteiger partial charge in [0.25, 0.3) is 0 Å². The molecule has 84 valence electrons. The average molecular weight is 216 g/mol. The van der Waals surface area contributed by atoms with Gasteiger partial charge in [-0.05, 0) is 42.7 Å². The molecule has 0 amide bonds. The third-order valence-corrected chi connectivity index (χ3v) is 3.02. The van der Waals surface area contributed by atoms with Crippen LogP contribution in [0.5, 0.6) is 0 Å². The van der Waals surface area contributed by atoms with E-state index in [0.29, 0.717) is 0 Å². The molecule has 2 rings (SSSR count). The van der Waals surface area contributed by atoms with Crippen molar-refractivity contribution in [3.05, 3.63) is 47.5 Å². The summed E-state index contributed by atoms with van der Waals surface area (Å²) < 4.78 is 0. The molecule has 0 spiro atoms. The Labute approximate surface area is 95.4 Å².